The lowest BCUT2D eigenvalue weighted by molar-refractivity contribution is 0.183. The van der Waals surface area contributed by atoms with Gasteiger partial charge in [-0.1, -0.05) is 13.3 Å². The molecular weight excluding hydrogens is 124 g/mol. The monoisotopic (exact) mass is 138 g/mol. The Labute approximate surface area is 62.8 Å². The van der Waals surface area contributed by atoms with Crippen molar-refractivity contribution in [2.45, 2.75) is 6.92 Å². The van der Waals surface area contributed by atoms with E-state index in [-0.39, 0.29) is 0 Å². The van der Waals surface area contributed by atoms with Gasteiger partial charge in [-0.25, -0.2) is 0 Å². The molecule has 0 aromatic rings. The summed E-state index contributed by atoms with van der Waals surface area (Å²) in [7, 11) is 0. The van der Waals surface area contributed by atoms with Crippen molar-refractivity contribution in [2.75, 3.05) is 32.7 Å². The van der Waals surface area contributed by atoms with Crippen molar-refractivity contribution in [1.82, 2.24) is 9.80 Å². The Morgan fingerprint density at radius 1 is 1.30 bits per heavy atom. The molecule has 0 aromatic carbocycles. The minimum atomic E-state index is 1.03. The van der Waals surface area contributed by atoms with Crippen LogP contribution >= 0.6 is 0 Å². The van der Waals surface area contributed by atoms with E-state index in [1.54, 1.807) is 0 Å². The van der Waals surface area contributed by atoms with Gasteiger partial charge in [0.1, 0.15) is 0 Å². The summed E-state index contributed by atoms with van der Waals surface area (Å²) in [6, 6.07) is 2.66. The highest BCUT2D eigenvalue weighted by molar-refractivity contribution is 4.88. The second kappa shape index (κ2) is 3.48. The van der Waals surface area contributed by atoms with E-state index < -0.39 is 0 Å². The smallest absolute Gasteiger partial charge is 0.0388 e. The quantitative estimate of drug-likeness (QED) is 0.478. The fourth-order valence-corrected chi connectivity index (χ4v) is 1.19. The first-order valence-electron chi connectivity index (χ1n) is 3.80. The molecule has 0 aromatic heterocycles. The summed E-state index contributed by atoms with van der Waals surface area (Å²) in [5, 5.41) is 0. The van der Waals surface area contributed by atoms with E-state index in [9.17, 15) is 0 Å². The third-order valence-corrected chi connectivity index (χ3v) is 2.00. The zero-order chi connectivity index (χ0) is 7.40. The van der Waals surface area contributed by atoms with Gasteiger partial charge >= 0.3 is 0 Å². The van der Waals surface area contributed by atoms with E-state index in [0.29, 0.717) is 0 Å². The first-order chi connectivity index (χ1) is 4.86. The molecule has 10 heavy (non-hydrogen) atoms. The van der Waals surface area contributed by atoms with Crippen LogP contribution in [0.1, 0.15) is 6.92 Å². The molecule has 1 heterocycles. The Bertz CT molecular complexity index is 129. The third-order valence-electron chi connectivity index (χ3n) is 2.00. The highest BCUT2D eigenvalue weighted by Crippen LogP contribution is 1.98. The molecule has 0 unspecified atom stereocenters. The molecular formula is C8H14N2. The molecule has 1 rings (SSSR count). The number of terminal acetylenes is 1. The van der Waals surface area contributed by atoms with Crippen molar-refractivity contribution >= 4 is 0 Å². The van der Waals surface area contributed by atoms with Crippen molar-refractivity contribution in [2.24, 2.45) is 0 Å². The van der Waals surface area contributed by atoms with Gasteiger partial charge in [0.2, 0.25) is 0 Å². The van der Waals surface area contributed by atoms with E-state index in [0.717, 1.165) is 32.7 Å². The molecule has 2 heteroatoms. The SMILES string of the molecule is C#CN1CCN(CC)CC1. The lowest BCUT2D eigenvalue weighted by Gasteiger charge is -2.31. The normalized spacial score (nSPS) is 20.6. The van der Waals surface area contributed by atoms with Gasteiger partial charge in [0, 0.05) is 32.2 Å². The Morgan fingerprint density at radius 2 is 1.90 bits per heavy atom. The lowest BCUT2D eigenvalue weighted by atomic mass is 10.3. The average molecular weight is 138 g/mol. The van der Waals surface area contributed by atoms with Crippen molar-refractivity contribution in [1.29, 1.82) is 0 Å². The Kier molecular flexibility index (Phi) is 2.58. The first kappa shape index (κ1) is 7.43. The van der Waals surface area contributed by atoms with Gasteiger partial charge in [-0.05, 0) is 6.54 Å². The molecule has 0 N–H and O–H groups in total. The van der Waals surface area contributed by atoms with Crippen LogP contribution in [0.3, 0.4) is 0 Å². The van der Waals surface area contributed by atoms with Crippen LogP contribution in [0.2, 0.25) is 0 Å². The van der Waals surface area contributed by atoms with Crippen LogP contribution in [0.15, 0.2) is 0 Å². The summed E-state index contributed by atoms with van der Waals surface area (Å²) in [5.41, 5.74) is 0. The number of hydrogen-bond acceptors (Lipinski definition) is 2. The van der Waals surface area contributed by atoms with Gasteiger partial charge in [0.05, 0.1) is 0 Å². The van der Waals surface area contributed by atoms with E-state index in [1.807, 2.05) is 4.90 Å². The summed E-state index contributed by atoms with van der Waals surface area (Å²) < 4.78 is 0. The molecule has 0 aliphatic carbocycles. The van der Waals surface area contributed by atoms with Crippen LogP contribution in [0.4, 0.5) is 0 Å². The maximum Gasteiger partial charge on any atom is 0.0388 e. The Hall–Kier alpha value is -0.680. The van der Waals surface area contributed by atoms with Crippen LogP contribution in [-0.2, 0) is 0 Å². The van der Waals surface area contributed by atoms with Crippen molar-refractivity contribution in [3.8, 4) is 12.5 Å². The van der Waals surface area contributed by atoms with Gasteiger partial charge < -0.3 is 9.80 Å². The number of piperazine rings is 1. The molecule has 0 bridgehead atoms. The van der Waals surface area contributed by atoms with Gasteiger partial charge in [0.25, 0.3) is 0 Å². The zero-order valence-corrected chi connectivity index (χ0v) is 6.51. The number of rotatable bonds is 1. The van der Waals surface area contributed by atoms with Crippen LogP contribution < -0.4 is 0 Å². The summed E-state index contributed by atoms with van der Waals surface area (Å²) in [6.07, 6.45) is 5.25. The molecule has 1 fully saturated rings. The molecule has 56 valence electrons. The maximum atomic E-state index is 5.25. The second-order valence-electron chi connectivity index (χ2n) is 2.55. The topological polar surface area (TPSA) is 6.48 Å². The van der Waals surface area contributed by atoms with Gasteiger partial charge in [0.15, 0.2) is 0 Å². The molecule has 0 saturated carbocycles. The molecule has 1 aliphatic rings. The second-order valence-corrected chi connectivity index (χ2v) is 2.55. The molecule has 0 radical (unpaired) electrons. The summed E-state index contributed by atoms with van der Waals surface area (Å²) in [5.74, 6) is 0. The van der Waals surface area contributed by atoms with Crippen molar-refractivity contribution in [3.05, 3.63) is 0 Å². The predicted octanol–water partition coefficient (Wildman–Crippen LogP) is 0.215. The molecule has 0 spiro atoms. The largest absolute Gasteiger partial charge is 0.330 e. The van der Waals surface area contributed by atoms with Gasteiger partial charge in [-0.3, -0.25) is 0 Å². The summed E-state index contributed by atoms with van der Waals surface area (Å²) in [4.78, 5) is 4.44. The van der Waals surface area contributed by atoms with E-state index in [4.69, 9.17) is 6.42 Å². The summed E-state index contributed by atoms with van der Waals surface area (Å²) in [6.45, 7) is 7.65. The van der Waals surface area contributed by atoms with Crippen molar-refractivity contribution in [3.63, 3.8) is 0 Å². The van der Waals surface area contributed by atoms with Crippen LogP contribution in [0.25, 0.3) is 0 Å². The highest BCUT2D eigenvalue weighted by atomic mass is 15.2. The molecule has 0 amide bonds. The molecule has 1 saturated heterocycles. The number of likely N-dealkylation sites (N-methyl/N-ethyl adjacent to an activating group) is 1. The molecule has 0 atom stereocenters. The zero-order valence-electron chi connectivity index (χ0n) is 6.51. The van der Waals surface area contributed by atoms with E-state index in [2.05, 4.69) is 17.9 Å². The third kappa shape index (κ3) is 1.65. The van der Waals surface area contributed by atoms with Gasteiger partial charge in [-0.15, -0.1) is 0 Å². The van der Waals surface area contributed by atoms with E-state index in [1.165, 1.54) is 0 Å². The first-order valence-corrected chi connectivity index (χ1v) is 3.80. The maximum absolute atomic E-state index is 5.25. The van der Waals surface area contributed by atoms with Crippen LogP contribution in [-0.4, -0.2) is 42.5 Å². The minimum Gasteiger partial charge on any atom is -0.330 e. The number of nitrogens with zero attached hydrogens (tertiary/aromatic N) is 2. The van der Waals surface area contributed by atoms with E-state index >= 15 is 0 Å². The predicted molar refractivity (Wildman–Crippen MR) is 42.5 cm³/mol. The minimum absolute atomic E-state index is 1.03. The molecule has 1 aliphatic heterocycles. The lowest BCUT2D eigenvalue weighted by Crippen LogP contribution is -2.43. The number of hydrogen-bond donors (Lipinski definition) is 0. The van der Waals surface area contributed by atoms with Gasteiger partial charge in [-0.2, -0.15) is 0 Å². The van der Waals surface area contributed by atoms with Crippen LogP contribution in [0.5, 0.6) is 0 Å². The Morgan fingerprint density at radius 3 is 2.30 bits per heavy atom. The summed E-state index contributed by atoms with van der Waals surface area (Å²) >= 11 is 0. The fraction of sp³-hybridized carbons (Fsp3) is 0.750. The van der Waals surface area contributed by atoms with Crippen molar-refractivity contribution < 1.29 is 0 Å². The highest BCUT2D eigenvalue weighted by Gasteiger charge is 2.11. The standard InChI is InChI=1S/C8H14N2/c1-3-9-5-7-10(4-2)8-6-9/h1H,4-8H2,2H3. The average Bonchev–Trinajstić information content (AvgIpc) is 2.05. The molecule has 2 nitrogen and oxygen atoms in total. The Balaban J connectivity index is 2.25. The van der Waals surface area contributed by atoms with Crippen LogP contribution in [0, 0.1) is 12.5 Å². The fourth-order valence-electron chi connectivity index (χ4n) is 1.19.